The Labute approximate surface area is 104 Å². The van der Waals surface area contributed by atoms with Gasteiger partial charge in [0.15, 0.2) is 0 Å². The maximum atomic E-state index is 5.62. The fraction of sp³-hybridized carbons (Fsp3) is 0.571. The van der Waals surface area contributed by atoms with E-state index in [4.69, 9.17) is 9.47 Å². The number of hydrogen-bond donors (Lipinski definition) is 1. The molecule has 1 rings (SSSR count). The Morgan fingerprint density at radius 2 is 2.00 bits per heavy atom. The van der Waals surface area contributed by atoms with Gasteiger partial charge in [0.2, 0.25) is 0 Å². The van der Waals surface area contributed by atoms with Crippen LogP contribution in [0.25, 0.3) is 0 Å². The van der Waals surface area contributed by atoms with Gasteiger partial charge in [-0.05, 0) is 19.0 Å². The summed E-state index contributed by atoms with van der Waals surface area (Å²) in [6.07, 6.45) is 1.04. The van der Waals surface area contributed by atoms with E-state index in [1.54, 1.807) is 7.11 Å². The SMILES string of the molecule is COc1ccccc1COCCCNC(C)C. The molecule has 0 aliphatic heterocycles. The standard InChI is InChI=1S/C14H23NO2/c1-12(2)15-9-6-10-17-11-13-7-4-5-8-14(13)16-3/h4-5,7-8,12,15H,6,9-11H2,1-3H3. The number of methoxy groups -OCH3 is 1. The summed E-state index contributed by atoms with van der Waals surface area (Å²) in [5.41, 5.74) is 1.10. The quantitative estimate of drug-likeness (QED) is 0.705. The summed E-state index contributed by atoms with van der Waals surface area (Å²) in [5, 5.41) is 3.36. The van der Waals surface area contributed by atoms with E-state index < -0.39 is 0 Å². The summed E-state index contributed by atoms with van der Waals surface area (Å²) in [6, 6.07) is 8.50. The lowest BCUT2D eigenvalue weighted by Crippen LogP contribution is -2.24. The number of nitrogens with one attached hydrogen (secondary N) is 1. The van der Waals surface area contributed by atoms with Crippen LogP contribution in [0.4, 0.5) is 0 Å². The summed E-state index contributed by atoms with van der Waals surface area (Å²) in [4.78, 5) is 0. The molecule has 0 aliphatic carbocycles. The first-order valence-corrected chi connectivity index (χ1v) is 6.17. The fourth-order valence-electron chi connectivity index (χ4n) is 1.57. The first kappa shape index (κ1) is 14.0. The number of rotatable bonds is 8. The van der Waals surface area contributed by atoms with E-state index in [-0.39, 0.29) is 0 Å². The number of ether oxygens (including phenoxy) is 2. The molecule has 0 spiro atoms. The number of hydrogen-bond acceptors (Lipinski definition) is 3. The van der Waals surface area contributed by atoms with Gasteiger partial charge >= 0.3 is 0 Å². The molecule has 1 aromatic carbocycles. The molecule has 0 aliphatic rings. The highest BCUT2D eigenvalue weighted by molar-refractivity contribution is 5.32. The minimum Gasteiger partial charge on any atom is -0.496 e. The van der Waals surface area contributed by atoms with E-state index in [2.05, 4.69) is 19.2 Å². The summed E-state index contributed by atoms with van der Waals surface area (Å²) >= 11 is 0. The highest BCUT2D eigenvalue weighted by Crippen LogP contribution is 2.17. The van der Waals surface area contributed by atoms with E-state index in [0.29, 0.717) is 12.6 Å². The molecule has 17 heavy (non-hydrogen) atoms. The van der Waals surface area contributed by atoms with Crippen molar-refractivity contribution in [3.8, 4) is 5.75 Å². The van der Waals surface area contributed by atoms with Crippen molar-refractivity contribution in [2.24, 2.45) is 0 Å². The van der Waals surface area contributed by atoms with Gasteiger partial charge in [0.05, 0.1) is 13.7 Å². The molecule has 0 radical (unpaired) electrons. The average Bonchev–Trinajstić information content (AvgIpc) is 2.33. The van der Waals surface area contributed by atoms with Gasteiger partial charge in [-0.3, -0.25) is 0 Å². The van der Waals surface area contributed by atoms with Crippen LogP contribution in [0.1, 0.15) is 25.8 Å². The first-order valence-electron chi connectivity index (χ1n) is 6.17. The largest absolute Gasteiger partial charge is 0.496 e. The molecule has 0 saturated heterocycles. The van der Waals surface area contributed by atoms with Crippen LogP contribution in [0.2, 0.25) is 0 Å². The third kappa shape index (κ3) is 5.71. The van der Waals surface area contributed by atoms with Gasteiger partial charge in [-0.1, -0.05) is 32.0 Å². The molecule has 0 aromatic heterocycles. The minimum absolute atomic E-state index is 0.546. The first-order chi connectivity index (χ1) is 8.24. The van der Waals surface area contributed by atoms with Gasteiger partial charge in [-0.25, -0.2) is 0 Å². The predicted octanol–water partition coefficient (Wildman–Crippen LogP) is 2.60. The Bertz CT molecular complexity index is 313. The zero-order valence-electron chi connectivity index (χ0n) is 11.0. The smallest absolute Gasteiger partial charge is 0.124 e. The summed E-state index contributed by atoms with van der Waals surface area (Å²) in [7, 11) is 1.69. The van der Waals surface area contributed by atoms with Crippen molar-refractivity contribution in [2.75, 3.05) is 20.3 Å². The van der Waals surface area contributed by atoms with Crippen molar-refractivity contribution < 1.29 is 9.47 Å². The second-order valence-corrected chi connectivity index (χ2v) is 4.33. The third-order valence-corrected chi connectivity index (χ3v) is 2.47. The summed E-state index contributed by atoms with van der Waals surface area (Å²) in [6.45, 7) is 6.69. The molecule has 1 N–H and O–H groups in total. The van der Waals surface area contributed by atoms with Crippen LogP contribution in [0.15, 0.2) is 24.3 Å². The van der Waals surface area contributed by atoms with Gasteiger partial charge in [0, 0.05) is 18.2 Å². The Balaban J connectivity index is 2.17. The van der Waals surface area contributed by atoms with Crippen LogP contribution in [-0.4, -0.2) is 26.3 Å². The van der Waals surface area contributed by atoms with Crippen LogP contribution < -0.4 is 10.1 Å². The second kappa shape index (κ2) is 8.09. The average molecular weight is 237 g/mol. The topological polar surface area (TPSA) is 30.5 Å². The van der Waals surface area contributed by atoms with Crippen molar-refractivity contribution >= 4 is 0 Å². The van der Waals surface area contributed by atoms with Gasteiger partial charge in [-0.15, -0.1) is 0 Å². The highest BCUT2D eigenvalue weighted by atomic mass is 16.5. The van der Waals surface area contributed by atoms with Crippen LogP contribution >= 0.6 is 0 Å². The lowest BCUT2D eigenvalue weighted by molar-refractivity contribution is 0.116. The van der Waals surface area contributed by atoms with Crippen molar-refractivity contribution in [2.45, 2.75) is 32.9 Å². The molecule has 0 atom stereocenters. The van der Waals surface area contributed by atoms with Crippen molar-refractivity contribution in [1.29, 1.82) is 0 Å². The Kier molecular flexibility index (Phi) is 6.67. The van der Waals surface area contributed by atoms with Crippen molar-refractivity contribution in [3.05, 3.63) is 29.8 Å². The van der Waals surface area contributed by atoms with E-state index in [1.807, 2.05) is 24.3 Å². The summed E-state index contributed by atoms with van der Waals surface area (Å²) < 4.78 is 10.9. The van der Waals surface area contributed by atoms with Crippen LogP contribution in [0.5, 0.6) is 5.75 Å². The molecule has 96 valence electrons. The van der Waals surface area contributed by atoms with Crippen molar-refractivity contribution in [3.63, 3.8) is 0 Å². The molecule has 0 bridgehead atoms. The predicted molar refractivity (Wildman–Crippen MR) is 70.4 cm³/mol. The minimum atomic E-state index is 0.546. The zero-order valence-corrected chi connectivity index (χ0v) is 11.0. The molecular weight excluding hydrogens is 214 g/mol. The van der Waals surface area contributed by atoms with Crippen molar-refractivity contribution in [1.82, 2.24) is 5.32 Å². The zero-order chi connectivity index (χ0) is 12.5. The molecule has 1 aromatic rings. The second-order valence-electron chi connectivity index (χ2n) is 4.33. The monoisotopic (exact) mass is 237 g/mol. The molecule has 0 amide bonds. The molecular formula is C14H23NO2. The third-order valence-electron chi connectivity index (χ3n) is 2.47. The van der Waals surface area contributed by atoms with Gasteiger partial charge < -0.3 is 14.8 Å². The van der Waals surface area contributed by atoms with E-state index in [1.165, 1.54) is 0 Å². The Hall–Kier alpha value is -1.06. The van der Waals surface area contributed by atoms with Gasteiger partial charge in [0.25, 0.3) is 0 Å². The van der Waals surface area contributed by atoms with Gasteiger partial charge in [-0.2, -0.15) is 0 Å². The number of benzene rings is 1. The van der Waals surface area contributed by atoms with Crippen LogP contribution in [0.3, 0.4) is 0 Å². The van der Waals surface area contributed by atoms with Gasteiger partial charge in [0.1, 0.15) is 5.75 Å². The van der Waals surface area contributed by atoms with E-state index >= 15 is 0 Å². The fourth-order valence-corrected chi connectivity index (χ4v) is 1.57. The maximum absolute atomic E-state index is 5.62. The lowest BCUT2D eigenvalue weighted by atomic mass is 10.2. The van der Waals surface area contributed by atoms with E-state index in [9.17, 15) is 0 Å². The lowest BCUT2D eigenvalue weighted by Gasteiger charge is -2.10. The van der Waals surface area contributed by atoms with E-state index in [0.717, 1.165) is 30.9 Å². The normalized spacial score (nSPS) is 10.8. The molecule has 3 nitrogen and oxygen atoms in total. The number of para-hydroxylation sites is 1. The van der Waals surface area contributed by atoms with Crippen LogP contribution in [-0.2, 0) is 11.3 Å². The molecule has 0 saturated carbocycles. The molecule has 3 heteroatoms. The molecule has 0 unspecified atom stereocenters. The molecule has 0 heterocycles. The van der Waals surface area contributed by atoms with Crippen LogP contribution in [0, 0.1) is 0 Å². The summed E-state index contributed by atoms with van der Waals surface area (Å²) in [5.74, 6) is 0.896. The Morgan fingerprint density at radius 3 is 2.71 bits per heavy atom. The molecule has 0 fully saturated rings. The Morgan fingerprint density at radius 1 is 1.24 bits per heavy atom. The maximum Gasteiger partial charge on any atom is 0.124 e. The highest BCUT2D eigenvalue weighted by Gasteiger charge is 2.01.